The van der Waals surface area contributed by atoms with Crippen molar-refractivity contribution in [2.75, 3.05) is 49.3 Å². The van der Waals surface area contributed by atoms with E-state index in [2.05, 4.69) is 10.2 Å². The van der Waals surface area contributed by atoms with E-state index in [9.17, 15) is 9.59 Å². The third-order valence-electron chi connectivity index (χ3n) is 4.53. The number of nitrogens with zero attached hydrogens (tertiary/aromatic N) is 4. The molecular weight excluding hydrogens is 320 g/mol. The number of amides is 2. The molecule has 0 spiro atoms. The van der Waals surface area contributed by atoms with E-state index >= 15 is 0 Å². The van der Waals surface area contributed by atoms with Crippen LogP contribution in [0.15, 0.2) is 12.1 Å². The minimum absolute atomic E-state index is 0.0196. The predicted molar refractivity (Wildman–Crippen MR) is 99.4 cm³/mol. The van der Waals surface area contributed by atoms with Crippen LogP contribution >= 0.6 is 0 Å². The molecule has 2 amide bonds. The lowest BCUT2D eigenvalue weighted by atomic mass is 10.3. The van der Waals surface area contributed by atoms with Gasteiger partial charge in [-0.25, -0.2) is 4.98 Å². The van der Waals surface area contributed by atoms with Gasteiger partial charge in [0.25, 0.3) is 0 Å². The van der Waals surface area contributed by atoms with E-state index in [1.165, 1.54) is 6.92 Å². The van der Waals surface area contributed by atoms with Crippen LogP contribution in [0.3, 0.4) is 0 Å². The Kier molecular flexibility index (Phi) is 6.06. The first kappa shape index (κ1) is 18.8. The fourth-order valence-corrected chi connectivity index (χ4v) is 3.05. The Labute approximate surface area is 149 Å². The molecule has 0 saturated carbocycles. The maximum atomic E-state index is 11.7. The van der Waals surface area contributed by atoms with Crippen LogP contribution in [0.1, 0.15) is 26.7 Å². The lowest BCUT2D eigenvalue weighted by Gasteiger charge is -2.33. The van der Waals surface area contributed by atoms with Crippen molar-refractivity contribution in [3.63, 3.8) is 0 Å². The minimum Gasteiger partial charge on any atom is -0.396 e. The van der Waals surface area contributed by atoms with Gasteiger partial charge in [-0.05, 0) is 25.0 Å². The highest BCUT2D eigenvalue weighted by atomic mass is 16.2. The number of carbonyl (C=O) groups excluding carboxylic acids is 2. The summed E-state index contributed by atoms with van der Waals surface area (Å²) in [4.78, 5) is 33.3. The zero-order chi connectivity index (χ0) is 18.6. The molecule has 1 aliphatic heterocycles. The molecule has 138 valence electrons. The normalized spacial score (nSPS) is 16.6. The van der Waals surface area contributed by atoms with Gasteiger partial charge < -0.3 is 25.8 Å². The first-order chi connectivity index (χ1) is 11.8. The van der Waals surface area contributed by atoms with Crippen molar-refractivity contribution in [3.8, 4) is 0 Å². The van der Waals surface area contributed by atoms with Crippen molar-refractivity contribution < 1.29 is 9.59 Å². The van der Waals surface area contributed by atoms with Crippen LogP contribution in [-0.4, -0.2) is 61.6 Å². The molecule has 8 heteroatoms. The van der Waals surface area contributed by atoms with Crippen molar-refractivity contribution in [1.29, 1.82) is 0 Å². The Bertz CT molecular complexity index is 636. The number of aromatic nitrogens is 1. The summed E-state index contributed by atoms with van der Waals surface area (Å²) < 4.78 is 0. The van der Waals surface area contributed by atoms with Gasteiger partial charge in [0.2, 0.25) is 11.8 Å². The second kappa shape index (κ2) is 8.04. The third-order valence-corrected chi connectivity index (χ3v) is 4.53. The van der Waals surface area contributed by atoms with E-state index in [1.54, 1.807) is 11.8 Å². The van der Waals surface area contributed by atoms with Gasteiger partial charge >= 0.3 is 0 Å². The van der Waals surface area contributed by atoms with E-state index in [4.69, 9.17) is 10.7 Å². The topological polar surface area (TPSA) is 94.8 Å². The van der Waals surface area contributed by atoms with Crippen LogP contribution in [0.25, 0.3) is 0 Å². The highest BCUT2D eigenvalue weighted by Crippen LogP contribution is 2.29. The zero-order valence-corrected chi connectivity index (χ0v) is 15.5. The number of nitrogens with one attached hydrogen (secondary N) is 1. The summed E-state index contributed by atoms with van der Waals surface area (Å²) in [6, 6.07) is 3.74. The molecule has 1 atom stereocenters. The third kappa shape index (κ3) is 4.52. The number of likely N-dealkylation sites (N-methyl/N-ethyl adjacent to an activating group) is 1. The lowest BCUT2D eigenvalue weighted by Crippen LogP contribution is -2.45. The van der Waals surface area contributed by atoms with Crippen molar-refractivity contribution in [3.05, 3.63) is 12.1 Å². The van der Waals surface area contributed by atoms with E-state index in [0.717, 1.165) is 25.2 Å². The van der Waals surface area contributed by atoms with Gasteiger partial charge in [0.15, 0.2) is 5.82 Å². The van der Waals surface area contributed by atoms with Gasteiger partial charge in [0, 0.05) is 47.6 Å². The molecule has 0 radical (unpaired) electrons. The maximum absolute atomic E-state index is 11.7. The molecule has 0 aromatic carbocycles. The summed E-state index contributed by atoms with van der Waals surface area (Å²) in [5, 5.41) is 2.77. The number of nitrogens with two attached hydrogens (primary N) is 1. The summed E-state index contributed by atoms with van der Waals surface area (Å²) in [5.41, 5.74) is 6.68. The number of hydrogen-bond donors (Lipinski definition) is 2. The van der Waals surface area contributed by atoms with E-state index < -0.39 is 0 Å². The molecular formula is C17H28N6O2. The summed E-state index contributed by atoms with van der Waals surface area (Å²) in [6.45, 7) is 5.06. The number of carbonyl (C=O) groups is 2. The number of pyridine rings is 1. The van der Waals surface area contributed by atoms with E-state index in [0.29, 0.717) is 24.6 Å². The van der Waals surface area contributed by atoms with Crippen LogP contribution in [0.4, 0.5) is 17.3 Å². The number of rotatable bonds is 6. The largest absolute Gasteiger partial charge is 0.396 e. The molecule has 1 aliphatic rings. The van der Waals surface area contributed by atoms with Crippen molar-refractivity contribution in [1.82, 2.24) is 15.2 Å². The van der Waals surface area contributed by atoms with Crippen LogP contribution in [-0.2, 0) is 9.59 Å². The fourth-order valence-electron chi connectivity index (χ4n) is 3.05. The monoisotopic (exact) mass is 348 g/mol. The SMILES string of the molecule is CC(=O)NCCN(C)c1nc(N2CCCC2N(C)C(C)=O)ccc1N. The predicted octanol–water partition coefficient (Wildman–Crippen LogP) is 0.641. The maximum Gasteiger partial charge on any atom is 0.220 e. The van der Waals surface area contributed by atoms with Gasteiger partial charge in [-0.2, -0.15) is 0 Å². The quantitative estimate of drug-likeness (QED) is 0.783. The van der Waals surface area contributed by atoms with Crippen molar-refractivity contribution in [2.45, 2.75) is 32.9 Å². The molecule has 8 nitrogen and oxygen atoms in total. The molecule has 1 fully saturated rings. The molecule has 1 aromatic heterocycles. The van der Waals surface area contributed by atoms with Gasteiger partial charge in [0.1, 0.15) is 12.0 Å². The van der Waals surface area contributed by atoms with Crippen LogP contribution in [0.5, 0.6) is 0 Å². The number of nitrogen functional groups attached to an aromatic ring is 1. The lowest BCUT2D eigenvalue weighted by molar-refractivity contribution is -0.129. The Morgan fingerprint density at radius 1 is 1.36 bits per heavy atom. The molecule has 1 aromatic rings. The van der Waals surface area contributed by atoms with E-state index in [-0.39, 0.29) is 18.0 Å². The van der Waals surface area contributed by atoms with Crippen LogP contribution < -0.4 is 20.9 Å². The van der Waals surface area contributed by atoms with Gasteiger partial charge in [-0.1, -0.05) is 0 Å². The molecule has 2 heterocycles. The molecule has 1 saturated heterocycles. The van der Waals surface area contributed by atoms with E-state index in [1.807, 2.05) is 31.1 Å². The molecule has 2 rings (SSSR count). The Morgan fingerprint density at radius 2 is 2.08 bits per heavy atom. The van der Waals surface area contributed by atoms with Gasteiger partial charge in [-0.3, -0.25) is 9.59 Å². The fraction of sp³-hybridized carbons (Fsp3) is 0.588. The standard InChI is InChI=1S/C17H28N6O2/c1-12(24)19-9-11-21(3)17-14(18)7-8-15(20-17)23-10-5-6-16(23)22(4)13(2)25/h7-8,16H,5-6,9-11,18H2,1-4H3,(H,19,24). The first-order valence-electron chi connectivity index (χ1n) is 8.53. The van der Waals surface area contributed by atoms with Crippen molar-refractivity contribution in [2.24, 2.45) is 0 Å². The first-order valence-corrected chi connectivity index (χ1v) is 8.53. The average Bonchev–Trinajstić information content (AvgIpc) is 3.03. The van der Waals surface area contributed by atoms with Gasteiger partial charge in [0.05, 0.1) is 5.69 Å². The molecule has 0 aliphatic carbocycles. The Balaban J connectivity index is 2.17. The molecule has 3 N–H and O–H groups in total. The minimum atomic E-state index is -0.0599. The van der Waals surface area contributed by atoms with Gasteiger partial charge in [-0.15, -0.1) is 0 Å². The van der Waals surface area contributed by atoms with Crippen LogP contribution in [0.2, 0.25) is 0 Å². The number of anilines is 3. The number of hydrogen-bond acceptors (Lipinski definition) is 6. The van der Waals surface area contributed by atoms with Crippen LogP contribution in [0, 0.1) is 0 Å². The van der Waals surface area contributed by atoms with Crippen molar-refractivity contribution >= 4 is 29.1 Å². The zero-order valence-electron chi connectivity index (χ0n) is 15.5. The molecule has 25 heavy (non-hydrogen) atoms. The second-order valence-electron chi connectivity index (χ2n) is 6.43. The average molecular weight is 348 g/mol. The summed E-state index contributed by atoms with van der Waals surface area (Å²) >= 11 is 0. The molecule has 1 unspecified atom stereocenters. The summed E-state index contributed by atoms with van der Waals surface area (Å²) in [6.07, 6.45) is 1.96. The highest BCUT2D eigenvalue weighted by Gasteiger charge is 2.30. The Hall–Kier alpha value is -2.51. The smallest absolute Gasteiger partial charge is 0.220 e. The summed E-state index contributed by atoms with van der Waals surface area (Å²) in [7, 11) is 3.72. The highest BCUT2D eigenvalue weighted by molar-refractivity contribution is 5.74. The summed E-state index contributed by atoms with van der Waals surface area (Å²) in [5.74, 6) is 1.47. The molecule has 0 bridgehead atoms. The second-order valence-corrected chi connectivity index (χ2v) is 6.43. The Morgan fingerprint density at radius 3 is 2.72 bits per heavy atom.